The van der Waals surface area contributed by atoms with E-state index in [2.05, 4.69) is 0 Å². The van der Waals surface area contributed by atoms with E-state index in [1.165, 1.54) is 0 Å². The third-order valence-electron chi connectivity index (χ3n) is 3.55. The first-order valence-corrected chi connectivity index (χ1v) is 6.99. The molecule has 0 amide bonds. The van der Waals surface area contributed by atoms with Crippen LogP contribution in [0.1, 0.15) is 22.3 Å². The molecular formula is C18H14O4. The summed E-state index contributed by atoms with van der Waals surface area (Å²) in [6, 6.07) is 16.1. The number of carbonyl (C=O) groups is 1. The monoisotopic (exact) mass is 294 g/mol. The van der Waals surface area contributed by atoms with Crippen LogP contribution in [0, 0.1) is 0 Å². The molecule has 0 radical (unpaired) electrons. The second-order valence-electron chi connectivity index (χ2n) is 5.02. The van der Waals surface area contributed by atoms with Crippen LogP contribution in [0.3, 0.4) is 0 Å². The highest BCUT2D eigenvalue weighted by atomic mass is 16.4. The third-order valence-corrected chi connectivity index (χ3v) is 3.55. The van der Waals surface area contributed by atoms with Crippen LogP contribution in [-0.4, -0.2) is 10.9 Å². The number of aromatic hydroxyl groups is 1. The summed E-state index contributed by atoms with van der Waals surface area (Å²) in [6.07, 6.45) is 0.645. The molecule has 3 aromatic rings. The predicted octanol–water partition coefficient (Wildman–Crippen LogP) is 3.31. The molecule has 2 aromatic carbocycles. The molecule has 4 nitrogen and oxygen atoms in total. The first-order chi connectivity index (χ1) is 10.7. The lowest BCUT2D eigenvalue weighted by molar-refractivity contribution is 0.0976. The first-order valence-electron chi connectivity index (χ1n) is 6.99. The Bertz CT molecular complexity index is 878. The van der Waals surface area contributed by atoms with E-state index in [1.54, 1.807) is 24.3 Å². The van der Waals surface area contributed by atoms with E-state index in [9.17, 15) is 14.7 Å². The maximum Gasteiger partial charge on any atom is 0.351 e. The van der Waals surface area contributed by atoms with E-state index in [0.717, 1.165) is 5.56 Å². The van der Waals surface area contributed by atoms with Gasteiger partial charge in [-0.3, -0.25) is 4.79 Å². The van der Waals surface area contributed by atoms with Crippen LogP contribution in [0.15, 0.2) is 63.8 Å². The first kappa shape index (κ1) is 14.1. The van der Waals surface area contributed by atoms with Gasteiger partial charge in [-0.05, 0) is 24.1 Å². The number of hydrogen-bond donors (Lipinski definition) is 1. The van der Waals surface area contributed by atoms with Crippen LogP contribution in [-0.2, 0) is 6.42 Å². The molecule has 0 aliphatic heterocycles. The molecule has 1 N–H and O–H groups in total. The fraction of sp³-hybridized carbons (Fsp3) is 0.111. The van der Waals surface area contributed by atoms with Gasteiger partial charge in [0, 0.05) is 6.42 Å². The molecule has 0 saturated heterocycles. The smallest absolute Gasteiger partial charge is 0.351 e. The van der Waals surface area contributed by atoms with Gasteiger partial charge >= 0.3 is 5.63 Å². The van der Waals surface area contributed by atoms with Crippen LogP contribution in [0.25, 0.3) is 11.0 Å². The zero-order valence-corrected chi connectivity index (χ0v) is 11.8. The summed E-state index contributed by atoms with van der Waals surface area (Å²) in [5.74, 6) is -0.717. The topological polar surface area (TPSA) is 67.5 Å². The molecule has 22 heavy (non-hydrogen) atoms. The molecule has 0 spiro atoms. The Balaban J connectivity index is 1.92. The SMILES string of the molecule is O=C(CCc1ccccc1)c1c(O)c2ccccc2oc1=O. The molecule has 0 fully saturated rings. The number of ketones is 1. The Labute approximate surface area is 126 Å². The average Bonchev–Trinajstić information content (AvgIpc) is 2.54. The Kier molecular flexibility index (Phi) is 3.74. The van der Waals surface area contributed by atoms with Gasteiger partial charge in [-0.2, -0.15) is 0 Å². The number of para-hydroxylation sites is 1. The van der Waals surface area contributed by atoms with Crippen molar-refractivity contribution >= 4 is 16.8 Å². The number of benzene rings is 2. The van der Waals surface area contributed by atoms with Crippen molar-refractivity contribution in [3.63, 3.8) is 0 Å². The fourth-order valence-electron chi connectivity index (χ4n) is 2.41. The summed E-state index contributed by atoms with van der Waals surface area (Å²) in [5.41, 5.74) is 0.203. The Hall–Kier alpha value is -2.88. The maximum absolute atomic E-state index is 12.3. The van der Waals surface area contributed by atoms with Crippen molar-refractivity contribution in [1.82, 2.24) is 0 Å². The molecule has 0 aliphatic carbocycles. The second kappa shape index (κ2) is 5.85. The summed E-state index contributed by atoms with van der Waals surface area (Å²) in [5, 5.41) is 10.6. The van der Waals surface area contributed by atoms with Crippen molar-refractivity contribution in [3.8, 4) is 5.75 Å². The molecule has 0 bridgehead atoms. The Morgan fingerprint density at radius 2 is 1.68 bits per heavy atom. The van der Waals surface area contributed by atoms with E-state index in [-0.39, 0.29) is 23.3 Å². The highest BCUT2D eigenvalue weighted by Crippen LogP contribution is 2.26. The van der Waals surface area contributed by atoms with E-state index in [4.69, 9.17) is 4.42 Å². The lowest BCUT2D eigenvalue weighted by atomic mass is 10.0. The normalized spacial score (nSPS) is 10.7. The van der Waals surface area contributed by atoms with Gasteiger partial charge in [-0.1, -0.05) is 42.5 Å². The van der Waals surface area contributed by atoms with E-state index >= 15 is 0 Å². The number of rotatable bonds is 4. The van der Waals surface area contributed by atoms with Gasteiger partial charge < -0.3 is 9.52 Å². The molecule has 1 heterocycles. The summed E-state index contributed by atoms with van der Waals surface area (Å²) in [7, 11) is 0. The van der Waals surface area contributed by atoms with Gasteiger partial charge in [0.2, 0.25) is 0 Å². The second-order valence-corrected chi connectivity index (χ2v) is 5.02. The van der Waals surface area contributed by atoms with Crippen molar-refractivity contribution in [3.05, 3.63) is 76.1 Å². The van der Waals surface area contributed by atoms with Gasteiger partial charge in [0.1, 0.15) is 16.9 Å². The van der Waals surface area contributed by atoms with E-state index in [0.29, 0.717) is 11.8 Å². The van der Waals surface area contributed by atoms with Crippen LogP contribution in [0.2, 0.25) is 0 Å². The van der Waals surface area contributed by atoms with Crippen molar-refractivity contribution in [2.24, 2.45) is 0 Å². The number of Topliss-reactive ketones (excluding diaryl/α,β-unsaturated/α-hetero) is 1. The molecule has 0 unspecified atom stereocenters. The number of hydrogen-bond acceptors (Lipinski definition) is 4. The standard InChI is InChI=1S/C18H14O4/c19-14(11-10-12-6-2-1-3-7-12)16-17(20)13-8-4-5-9-15(13)22-18(16)21/h1-9,20H,10-11H2. The predicted molar refractivity (Wildman–Crippen MR) is 83.2 cm³/mol. The molecule has 0 atom stereocenters. The van der Waals surface area contributed by atoms with Crippen molar-refractivity contribution in [1.29, 1.82) is 0 Å². The quantitative estimate of drug-likeness (QED) is 0.592. The zero-order chi connectivity index (χ0) is 15.5. The molecular weight excluding hydrogens is 280 g/mol. The maximum atomic E-state index is 12.3. The molecule has 0 saturated carbocycles. The lowest BCUT2D eigenvalue weighted by Crippen LogP contribution is -2.15. The number of fused-ring (bicyclic) bond motifs is 1. The van der Waals surface area contributed by atoms with Crippen molar-refractivity contribution in [2.45, 2.75) is 12.8 Å². The molecule has 3 rings (SSSR count). The van der Waals surface area contributed by atoms with Crippen molar-refractivity contribution in [2.75, 3.05) is 0 Å². The van der Waals surface area contributed by atoms with Gasteiger partial charge in [0.05, 0.1) is 5.39 Å². The summed E-state index contributed by atoms with van der Waals surface area (Å²) >= 11 is 0. The summed E-state index contributed by atoms with van der Waals surface area (Å²) in [6.45, 7) is 0. The molecule has 4 heteroatoms. The van der Waals surface area contributed by atoms with Gasteiger partial charge in [-0.15, -0.1) is 0 Å². The highest BCUT2D eigenvalue weighted by molar-refractivity contribution is 6.02. The van der Waals surface area contributed by atoms with E-state index in [1.807, 2.05) is 30.3 Å². The van der Waals surface area contributed by atoms with Crippen LogP contribution in [0.4, 0.5) is 0 Å². The minimum absolute atomic E-state index is 0.140. The average molecular weight is 294 g/mol. The Morgan fingerprint density at radius 1 is 1.00 bits per heavy atom. The lowest BCUT2D eigenvalue weighted by Gasteiger charge is -2.05. The summed E-state index contributed by atoms with van der Waals surface area (Å²) in [4.78, 5) is 24.2. The minimum Gasteiger partial charge on any atom is -0.506 e. The minimum atomic E-state index is -0.797. The number of aryl methyl sites for hydroxylation is 1. The Morgan fingerprint density at radius 3 is 2.45 bits per heavy atom. The zero-order valence-electron chi connectivity index (χ0n) is 11.8. The van der Waals surface area contributed by atoms with Crippen LogP contribution < -0.4 is 5.63 Å². The highest BCUT2D eigenvalue weighted by Gasteiger charge is 2.20. The van der Waals surface area contributed by atoms with Gasteiger partial charge in [0.25, 0.3) is 0 Å². The number of carbonyl (C=O) groups excluding carboxylic acids is 1. The third kappa shape index (κ3) is 2.63. The van der Waals surface area contributed by atoms with Gasteiger partial charge in [-0.25, -0.2) is 4.79 Å². The van der Waals surface area contributed by atoms with Crippen LogP contribution >= 0.6 is 0 Å². The molecule has 110 valence electrons. The molecule has 0 aliphatic rings. The van der Waals surface area contributed by atoms with E-state index < -0.39 is 11.4 Å². The van der Waals surface area contributed by atoms with Crippen LogP contribution in [0.5, 0.6) is 5.75 Å². The molecule has 1 aromatic heterocycles. The summed E-state index contributed by atoms with van der Waals surface area (Å²) < 4.78 is 5.11. The van der Waals surface area contributed by atoms with Gasteiger partial charge in [0.15, 0.2) is 5.78 Å². The fourth-order valence-corrected chi connectivity index (χ4v) is 2.41. The largest absolute Gasteiger partial charge is 0.506 e. The van der Waals surface area contributed by atoms with Crippen molar-refractivity contribution < 1.29 is 14.3 Å².